The first-order chi connectivity index (χ1) is 9.25. The van der Waals surface area contributed by atoms with Crippen molar-refractivity contribution in [2.24, 2.45) is 7.05 Å². The van der Waals surface area contributed by atoms with Gasteiger partial charge in [-0.25, -0.2) is 4.98 Å². The number of hydrogen-bond donors (Lipinski definition) is 0. The Labute approximate surface area is 121 Å². The number of benzene rings is 1. The molecule has 0 N–H and O–H groups in total. The lowest BCUT2D eigenvalue weighted by Crippen LogP contribution is -2.26. The smallest absolute Gasteiger partial charge is 0.154 e. The van der Waals surface area contributed by atoms with Crippen molar-refractivity contribution in [2.45, 2.75) is 11.7 Å². The van der Waals surface area contributed by atoms with Gasteiger partial charge in [0.2, 0.25) is 0 Å². The topological polar surface area (TPSA) is 34.9 Å². The SMILES string of the molecule is Cn1c(CC(=O)C2CSCCS2)nc2ccccc21. The highest BCUT2D eigenvalue weighted by Gasteiger charge is 2.23. The summed E-state index contributed by atoms with van der Waals surface area (Å²) in [6.07, 6.45) is 0.448. The molecule has 2 aromatic rings. The maximum Gasteiger partial charge on any atom is 0.154 e. The summed E-state index contributed by atoms with van der Waals surface area (Å²) in [6, 6.07) is 8.02. The van der Waals surface area contributed by atoms with Gasteiger partial charge in [-0.2, -0.15) is 11.8 Å². The molecule has 1 aromatic heterocycles. The zero-order valence-electron chi connectivity index (χ0n) is 10.8. The van der Waals surface area contributed by atoms with E-state index in [2.05, 4.69) is 4.98 Å². The van der Waals surface area contributed by atoms with Crippen LogP contribution in [0.25, 0.3) is 11.0 Å². The number of aromatic nitrogens is 2. The predicted octanol–water partition coefficient (Wildman–Crippen LogP) is 2.53. The molecule has 1 saturated heterocycles. The van der Waals surface area contributed by atoms with Crippen LogP contribution in [0.5, 0.6) is 0 Å². The molecule has 1 aromatic carbocycles. The fraction of sp³-hybridized carbons (Fsp3) is 0.429. The van der Waals surface area contributed by atoms with E-state index in [0.29, 0.717) is 12.2 Å². The van der Waals surface area contributed by atoms with Crippen LogP contribution in [0.15, 0.2) is 24.3 Å². The van der Waals surface area contributed by atoms with Gasteiger partial charge in [0.15, 0.2) is 5.78 Å². The summed E-state index contributed by atoms with van der Waals surface area (Å²) >= 11 is 3.68. The van der Waals surface area contributed by atoms with Gasteiger partial charge in [0.05, 0.1) is 22.7 Å². The minimum atomic E-state index is 0.151. The average molecular weight is 292 g/mol. The summed E-state index contributed by atoms with van der Waals surface area (Å²) in [4.78, 5) is 16.9. The molecule has 0 aliphatic carbocycles. The number of thioether (sulfide) groups is 2. The Morgan fingerprint density at radius 2 is 2.26 bits per heavy atom. The molecule has 3 rings (SSSR count). The second kappa shape index (κ2) is 5.59. The first kappa shape index (κ1) is 13.1. The number of nitrogens with zero attached hydrogens (tertiary/aromatic N) is 2. The van der Waals surface area contributed by atoms with Gasteiger partial charge in [-0.05, 0) is 12.1 Å². The van der Waals surface area contributed by atoms with Crippen LogP contribution in [-0.2, 0) is 18.3 Å². The van der Waals surface area contributed by atoms with Gasteiger partial charge in [-0.1, -0.05) is 12.1 Å². The number of hydrogen-bond acceptors (Lipinski definition) is 4. The number of para-hydroxylation sites is 2. The summed E-state index contributed by atoms with van der Waals surface area (Å²) in [7, 11) is 1.99. The number of aryl methyl sites for hydroxylation is 1. The van der Waals surface area contributed by atoms with Gasteiger partial charge >= 0.3 is 0 Å². The van der Waals surface area contributed by atoms with E-state index in [9.17, 15) is 4.79 Å². The molecular formula is C14H16N2OS2. The standard InChI is InChI=1S/C14H16N2OS2/c1-16-11-5-3-2-4-10(11)15-14(16)8-12(17)13-9-18-6-7-19-13/h2-5,13H,6-9H2,1H3. The van der Waals surface area contributed by atoms with Gasteiger partial charge in [0, 0.05) is 24.3 Å². The average Bonchev–Trinajstić information content (AvgIpc) is 2.77. The van der Waals surface area contributed by atoms with Gasteiger partial charge in [0.1, 0.15) is 5.82 Å². The molecule has 1 aliphatic rings. The lowest BCUT2D eigenvalue weighted by atomic mass is 10.2. The van der Waals surface area contributed by atoms with Crippen LogP contribution in [-0.4, -0.2) is 37.8 Å². The van der Waals surface area contributed by atoms with Crippen molar-refractivity contribution in [2.75, 3.05) is 17.3 Å². The molecule has 0 bridgehead atoms. The van der Waals surface area contributed by atoms with Crippen LogP contribution in [0.1, 0.15) is 5.82 Å². The van der Waals surface area contributed by atoms with Crippen LogP contribution in [0, 0.1) is 0 Å². The number of fused-ring (bicyclic) bond motifs is 1. The fourth-order valence-corrected chi connectivity index (χ4v) is 4.95. The van der Waals surface area contributed by atoms with E-state index in [0.717, 1.165) is 28.4 Å². The van der Waals surface area contributed by atoms with Crippen molar-refractivity contribution in [3.05, 3.63) is 30.1 Å². The number of rotatable bonds is 3. The molecule has 1 atom stereocenters. The molecule has 0 radical (unpaired) electrons. The highest BCUT2D eigenvalue weighted by atomic mass is 32.2. The van der Waals surface area contributed by atoms with E-state index in [1.807, 2.05) is 47.6 Å². The van der Waals surface area contributed by atoms with Crippen molar-refractivity contribution in [1.82, 2.24) is 9.55 Å². The number of Topliss-reactive ketones (excluding diaryl/α,β-unsaturated/α-hetero) is 1. The first-order valence-electron chi connectivity index (χ1n) is 6.38. The molecule has 3 nitrogen and oxygen atoms in total. The second-order valence-corrected chi connectivity index (χ2v) is 7.11. The molecular weight excluding hydrogens is 276 g/mol. The van der Waals surface area contributed by atoms with Crippen molar-refractivity contribution < 1.29 is 4.79 Å². The summed E-state index contributed by atoms with van der Waals surface area (Å²) < 4.78 is 2.04. The minimum Gasteiger partial charge on any atom is -0.331 e. The number of carbonyl (C=O) groups is 1. The Morgan fingerprint density at radius 3 is 3.00 bits per heavy atom. The Bertz CT molecular complexity index is 603. The Morgan fingerprint density at radius 1 is 1.42 bits per heavy atom. The first-order valence-corrected chi connectivity index (χ1v) is 8.58. The lowest BCUT2D eigenvalue weighted by molar-refractivity contribution is -0.117. The zero-order valence-corrected chi connectivity index (χ0v) is 12.5. The molecule has 0 saturated carbocycles. The molecule has 0 spiro atoms. The van der Waals surface area contributed by atoms with Crippen molar-refractivity contribution in [3.8, 4) is 0 Å². The maximum absolute atomic E-state index is 12.3. The molecule has 1 fully saturated rings. The molecule has 2 heterocycles. The second-order valence-electron chi connectivity index (χ2n) is 4.65. The van der Waals surface area contributed by atoms with Gasteiger partial charge in [-0.15, -0.1) is 11.8 Å². The van der Waals surface area contributed by atoms with E-state index in [-0.39, 0.29) is 5.25 Å². The third-order valence-corrected chi connectivity index (χ3v) is 6.19. The van der Waals surface area contributed by atoms with Crippen LogP contribution in [0.4, 0.5) is 0 Å². The quantitative estimate of drug-likeness (QED) is 0.871. The lowest BCUT2D eigenvalue weighted by Gasteiger charge is -2.19. The molecule has 1 aliphatic heterocycles. The van der Waals surface area contributed by atoms with E-state index >= 15 is 0 Å². The summed E-state index contributed by atoms with van der Waals surface area (Å²) in [5.41, 5.74) is 2.06. The highest BCUT2D eigenvalue weighted by molar-refractivity contribution is 8.07. The molecule has 19 heavy (non-hydrogen) atoms. The van der Waals surface area contributed by atoms with E-state index in [1.54, 1.807) is 11.8 Å². The van der Waals surface area contributed by atoms with Crippen LogP contribution in [0.3, 0.4) is 0 Å². The number of ketones is 1. The molecule has 1 unspecified atom stereocenters. The fourth-order valence-electron chi connectivity index (χ4n) is 2.30. The Balaban J connectivity index is 1.81. The normalized spacial score (nSPS) is 19.7. The minimum absolute atomic E-state index is 0.151. The monoisotopic (exact) mass is 292 g/mol. The predicted molar refractivity (Wildman–Crippen MR) is 83.0 cm³/mol. The largest absolute Gasteiger partial charge is 0.331 e. The van der Waals surface area contributed by atoms with E-state index in [1.165, 1.54) is 5.75 Å². The summed E-state index contributed by atoms with van der Waals surface area (Å²) in [6.45, 7) is 0. The van der Waals surface area contributed by atoms with Crippen LogP contribution >= 0.6 is 23.5 Å². The number of carbonyl (C=O) groups excluding carboxylic acids is 1. The van der Waals surface area contributed by atoms with E-state index < -0.39 is 0 Å². The summed E-state index contributed by atoms with van der Waals surface area (Å²) in [5.74, 6) is 4.40. The maximum atomic E-state index is 12.3. The highest BCUT2D eigenvalue weighted by Crippen LogP contribution is 2.26. The van der Waals surface area contributed by atoms with Crippen molar-refractivity contribution in [3.63, 3.8) is 0 Å². The van der Waals surface area contributed by atoms with E-state index in [4.69, 9.17) is 0 Å². The zero-order chi connectivity index (χ0) is 13.2. The molecule has 100 valence electrons. The Hall–Kier alpha value is -0.940. The van der Waals surface area contributed by atoms with Gasteiger partial charge < -0.3 is 4.57 Å². The Kier molecular flexibility index (Phi) is 3.84. The third kappa shape index (κ3) is 2.67. The van der Waals surface area contributed by atoms with Gasteiger partial charge in [-0.3, -0.25) is 4.79 Å². The number of imidazole rings is 1. The van der Waals surface area contributed by atoms with Crippen LogP contribution in [0.2, 0.25) is 0 Å². The summed E-state index contributed by atoms with van der Waals surface area (Å²) in [5, 5.41) is 0.151. The van der Waals surface area contributed by atoms with Crippen molar-refractivity contribution >= 4 is 40.3 Å². The third-order valence-electron chi connectivity index (χ3n) is 3.39. The van der Waals surface area contributed by atoms with Crippen LogP contribution < -0.4 is 0 Å². The molecule has 5 heteroatoms. The van der Waals surface area contributed by atoms with Gasteiger partial charge in [0.25, 0.3) is 0 Å². The molecule has 0 amide bonds. The van der Waals surface area contributed by atoms with Crippen molar-refractivity contribution in [1.29, 1.82) is 0 Å².